The van der Waals surface area contributed by atoms with E-state index >= 15 is 0 Å². The van der Waals surface area contributed by atoms with Crippen molar-refractivity contribution in [3.63, 3.8) is 0 Å². The third-order valence-electron chi connectivity index (χ3n) is 10.0. The molecule has 1 unspecified atom stereocenters. The maximum atomic E-state index is 12.9. The van der Waals surface area contributed by atoms with Crippen LogP contribution in [-0.4, -0.2) is 73.2 Å². The molecule has 0 saturated carbocycles. The molecule has 3 aromatic rings. The first-order chi connectivity index (χ1) is 24.3. The van der Waals surface area contributed by atoms with E-state index in [1.807, 2.05) is 0 Å². The SMILES string of the molecule is O=C(NCCCCN1CCC(c2ccc3c(c2OCCOC2CCCCO2)CCCC3)CC1)c1sc(-c2ccc(C(F)(F)F)cc2)nc1CO. The van der Waals surface area contributed by atoms with Crippen LogP contribution >= 0.6 is 11.3 Å². The second-order valence-electron chi connectivity index (χ2n) is 13.5. The smallest absolute Gasteiger partial charge is 0.416 e. The number of alkyl halides is 3. The first-order valence-electron chi connectivity index (χ1n) is 18.1. The highest BCUT2D eigenvalue weighted by Crippen LogP contribution is 2.40. The third kappa shape index (κ3) is 9.44. The van der Waals surface area contributed by atoms with Crippen molar-refractivity contribution in [3.05, 3.63) is 69.2 Å². The van der Waals surface area contributed by atoms with Crippen molar-refractivity contribution in [2.24, 2.45) is 0 Å². The Morgan fingerprint density at radius 1 is 1.00 bits per heavy atom. The number of aromatic nitrogens is 1. The van der Waals surface area contributed by atoms with Gasteiger partial charge in [-0.05, 0) is 125 Å². The third-order valence-corrected chi connectivity index (χ3v) is 11.2. The minimum atomic E-state index is -4.43. The fraction of sp³-hybridized carbons (Fsp3) is 0.579. The molecule has 6 rings (SSSR count). The van der Waals surface area contributed by atoms with E-state index in [4.69, 9.17) is 14.2 Å². The molecule has 2 fully saturated rings. The van der Waals surface area contributed by atoms with Crippen molar-refractivity contribution in [2.75, 3.05) is 46.0 Å². The van der Waals surface area contributed by atoms with Gasteiger partial charge in [0.05, 0.1) is 24.5 Å². The number of hydrogen-bond acceptors (Lipinski definition) is 8. The normalized spacial score (nSPS) is 18.9. The summed E-state index contributed by atoms with van der Waals surface area (Å²) in [6, 6.07) is 9.28. The van der Waals surface area contributed by atoms with Crippen LogP contribution in [0.15, 0.2) is 36.4 Å². The molecule has 1 aliphatic carbocycles. The van der Waals surface area contributed by atoms with Gasteiger partial charge in [-0.15, -0.1) is 11.3 Å². The van der Waals surface area contributed by atoms with Crippen LogP contribution in [0, 0.1) is 0 Å². The topological polar surface area (TPSA) is 93.2 Å². The van der Waals surface area contributed by atoms with E-state index in [1.165, 1.54) is 41.7 Å². The molecule has 3 aliphatic rings. The van der Waals surface area contributed by atoms with Gasteiger partial charge in [-0.1, -0.05) is 24.3 Å². The summed E-state index contributed by atoms with van der Waals surface area (Å²) in [7, 11) is 0. The number of piperidine rings is 1. The number of unbranched alkanes of at least 4 members (excludes halogenated alkanes) is 1. The highest BCUT2D eigenvalue weighted by Gasteiger charge is 2.30. The average Bonchev–Trinajstić information content (AvgIpc) is 3.58. The van der Waals surface area contributed by atoms with Crippen LogP contribution in [0.2, 0.25) is 0 Å². The maximum absolute atomic E-state index is 12.9. The van der Waals surface area contributed by atoms with E-state index < -0.39 is 18.3 Å². The van der Waals surface area contributed by atoms with Crippen LogP contribution in [0.5, 0.6) is 5.75 Å². The van der Waals surface area contributed by atoms with Gasteiger partial charge in [0.25, 0.3) is 5.91 Å². The van der Waals surface area contributed by atoms with Crippen LogP contribution in [0.4, 0.5) is 13.2 Å². The number of carbonyl (C=O) groups excluding carboxylic acids is 1. The number of nitrogens with one attached hydrogen (secondary N) is 1. The van der Waals surface area contributed by atoms with Crippen LogP contribution in [0.25, 0.3) is 10.6 Å². The highest BCUT2D eigenvalue weighted by molar-refractivity contribution is 7.17. The van der Waals surface area contributed by atoms with Gasteiger partial charge in [0, 0.05) is 18.7 Å². The van der Waals surface area contributed by atoms with E-state index in [-0.39, 0.29) is 22.8 Å². The van der Waals surface area contributed by atoms with Crippen LogP contribution in [0.1, 0.15) is 101 Å². The van der Waals surface area contributed by atoms with E-state index in [9.17, 15) is 23.1 Å². The molecule has 0 spiro atoms. The molecular formula is C38H48F3N3O5S. The fourth-order valence-electron chi connectivity index (χ4n) is 7.24. The quantitative estimate of drug-likeness (QED) is 0.167. The molecular weight excluding hydrogens is 667 g/mol. The maximum Gasteiger partial charge on any atom is 0.416 e. The summed E-state index contributed by atoms with van der Waals surface area (Å²) in [4.78, 5) is 20.0. The minimum Gasteiger partial charge on any atom is -0.491 e. The van der Waals surface area contributed by atoms with Gasteiger partial charge in [-0.2, -0.15) is 13.2 Å². The molecule has 2 N–H and O–H groups in total. The molecule has 50 heavy (non-hydrogen) atoms. The number of fused-ring (bicyclic) bond motifs is 1. The van der Waals surface area contributed by atoms with E-state index in [0.29, 0.717) is 36.2 Å². The van der Waals surface area contributed by atoms with Gasteiger partial charge in [-0.25, -0.2) is 4.98 Å². The van der Waals surface area contributed by atoms with E-state index in [0.717, 1.165) is 113 Å². The lowest BCUT2D eigenvalue weighted by Gasteiger charge is -2.34. The first-order valence-corrected chi connectivity index (χ1v) is 18.9. The molecule has 272 valence electrons. The number of aliphatic hydroxyl groups is 1. The predicted molar refractivity (Wildman–Crippen MR) is 187 cm³/mol. The Morgan fingerprint density at radius 3 is 2.54 bits per heavy atom. The number of aliphatic hydroxyl groups excluding tert-OH is 1. The predicted octanol–water partition coefficient (Wildman–Crippen LogP) is 7.51. The summed E-state index contributed by atoms with van der Waals surface area (Å²) in [5.41, 5.74) is 4.10. The summed E-state index contributed by atoms with van der Waals surface area (Å²) in [6.07, 6.45) is 7.21. The van der Waals surface area contributed by atoms with E-state index in [1.54, 1.807) is 0 Å². The van der Waals surface area contributed by atoms with Gasteiger partial charge in [0.2, 0.25) is 0 Å². The van der Waals surface area contributed by atoms with Crippen molar-refractivity contribution in [1.29, 1.82) is 0 Å². The first kappa shape index (κ1) is 36.8. The summed E-state index contributed by atoms with van der Waals surface area (Å²) >= 11 is 1.07. The zero-order valence-electron chi connectivity index (χ0n) is 28.6. The monoisotopic (exact) mass is 715 g/mol. The zero-order chi connectivity index (χ0) is 34.9. The summed E-state index contributed by atoms with van der Waals surface area (Å²) in [6.45, 7) is 4.88. The number of thiazole rings is 1. The van der Waals surface area contributed by atoms with Crippen LogP contribution < -0.4 is 10.1 Å². The Kier molecular flexibility index (Phi) is 12.8. The highest BCUT2D eigenvalue weighted by atomic mass is 32.1. The molecule has 2 aliphatic heterocycles. The van der Waals surface area contributed by atoms with Gasteiger partial charge >= 0.3 is 6.18 Å². The number of rotatable bonds is 14. The lowest BCUT2D eigenvalue weighted by atomic mass is 9.83. The molecule has 1 amide bonds. The number of carbonyl (C=O) groups is 1. The van der Waals surface area contributed by atoms with Crippen LogP contribution in [-0.2, 0) is 35.1 Å². The number of halogens is 3. The van der Waals surface area contributed by atoms with Crippen molar-refractivity contribution in [3.8, 4) is 16.3 Å². The fourth-order valence-corrected chi connectivity index (χ4v) is 8.24. The Hall–Kier alpha value is -3.03. The van der Waals surface area contributed by atoms with Gasteiger partial charge in [0.1, 0.15) is 22.2 Å². The molecule has 0 bridgehead atoms. The zero-order valence-corrected chi connectivity index (χ0v) is 29.4. The van der Waals surface area contributed by atoms with Crippen molar-refractivity contribution < 1.29 is 37.3 Å². The lowest BCUT2D eigenvalue weighted by Crippen LogP contribution is -2.34. The van der Waals surface area contributed by atoms with Gasteiger partial charge in [-0.3, -0.25) is 4.79 Å². The number of aryl methyl sites for hydroxylation is 1. The van der Waals surface area contributed by atoms with E-state index in [2.05, 4.69) is 27.3 Å². The standard InChI is InChI=1S/C38H48F3N3O5S/c39-38(40,41)29-13-10-28(11-14-29)37-43-32(25-45)35(50-37)36(46)42-18-4-5-19-44-20-16-27(17-21-44)31-15-12-26-7-1-2-8-30(26)34(31)49-24-23-48-33-9-3-6-22-47-33/h10-15,27,33,45H,1-9,16-25H2,(H,42,46). The number of ether oxygens (including phenoxy) is 3. The second-order valence-corrected chi connectivity index (χ2v) is 14.5. The Morgan fingerprint density at radius 2 is 1.80 bits per heavy atom. The van der Waals surface area contributed by atoms with Gasteiger partial charge < -0.3 is 29.5 Å². The summed E-state index contributed by atoms with van der Waals surface area (Å²) < 4.78 is 57.0. The number of amides is 1. The second kappa shape index (κ2) is 17.5. The number of hydrogen-bond donors (Lipinski definition) is 2. The van der Waals surface area contributed by atoms with Crippen molar-refractivity contribution >= 4 is 17.2 Å². The molecule has 8 nitrogen and oxygen atoms in total. The minimum absolute atomic E-state index is 0.105. The molecule has 3 heterocycles. The molecule has 2 saturated heterocycles. The average molecular weight is 716 g/mol. The molecule has 12 heteroatoms. The molecule has 0 radical (unpaired) electrons. The number of likely N-dealkylation sites (tertiary alicyclic amines) is 1. The van der Waals surface area contributed by atoms with Crippen molar-refractivity contribution in [1.82, 2.24) is 15.2 Å². The van der Waals surface area contributed by atoms with Crippen molar-refractivity contribution in [2.45, 2.75) is 95.6 Å². The van der Waals surface area contributed by atoms with Gasteiger partial charge in [0.15, 0.2) is 6.29 Å². The lowest BCUT2D eigenvalue weighted by molar-refractivity contribution is -0.165. The Labute approximate surface area is 296 Å². The molecule has 1 aromatic heterocycles. The summed E-state index contributed by atoms with van der Waals surface area (Å²) in [5, 5.41) is 13.1. The summed E-state index contributed by atoms with van der Waals surface area (Å²) in [5.74, 6) is 1.23. The largest absolute Gasteiger partial charge is 0.491 e. The number of benzene rings is 2. The number of nitrogens with zero attached hydrogens (tertiary/aromatic N) is 2. The Bertz CT molecular complexity index is 1550. The molecule has 1 atom stereocenters. The molecule has 2 aromatic carbocycles. The Balaban J connectivity index is 0.946. The van der Waals surface area contributed by atoms with Crippen LogP contribution in [0.3, 0.4) is 0 Å².